The van der Waals surface area contributed by atoms with Gasteiger partial charge in [-0.2, -0.15) is 8.42 Å². The number of aromatic amines is 1. The van der Waals surface area contributed by atoms with Crippen molar-refractivity contribution in [1.29, 1.82) is 0 Å². The number of hydrogen-bond donors (Lipinski definition) is 1. The molecule has 2 heterocycles. The Labute approximate surface area is 95.5 Å². The van der Waals surface area contributed by atoms with Crippen molar-refractivity contribution in [2.24, 2.45) is 0 Å². The van der Waals surface area contributed by atoms with Crippen molar-refractivity contribution < 1.29 is 17.1 Å². The van der Waals surface area contributed by atoms with Gasteiger partial charge in [0.15, 0.2) is 0 Å². The van der Waals surface area contributed by atoms with Crippen molar-refractivity contribution in [3.8, 4) is 0 Å². The lowest BCUT2D eigenvalue weighted by molar-refractivity contribution is -0.117. The number of amides is 1. The lowest BCUT2D eigenvalue weighted by atomic mass is 10.4. The van der Waals surface area contributed by atoms with E-state index in [2.05, 4.69) is 9.97 Å². The van der Waals surface area contributed by atoms with Crippen molar-refractivity contribution in [2.75, 3.05) is 11.4 Å². The standard InChI is InChI=1S/C8H8FN3O4S/c9-17(15,16)5-3-6(13)12(4-5)7-8(14)11-2-1-10-7/h1-2,5H,3-4H2,(H,11,14). The number of nitrogens with zero attached hydrogens (tertiary/aromatic N) is 2. The van der Waals surface area contributed by atoms with E-state index in [1.807, 2.05) is 0 Å². The molecule has 92 valence electrons. The molecule has 9 heteroatoms. The lowest BCUT2D eigenvalue weighted by Crippen LogP contribution is -2.32. The number of halogens is 1. The second-order valence-electron chi connectivity index (χ2n) is 3.55. The Morgan fingerprint density at radius 3 is 2.71 bits per heavy atom. The maximum absolute atomic E-state index is 12.7. The van der Waals surface area contributed by atoms with Gasteiger partial charge in [0.1, 0.15) is 5.25 Å². The van der Waals surface area contributed by atoms with Gasteiger partial charge in [-0.05, 0) is 0 Å². The van der Waals surface area contributed by atoms with Gasteiger partial charge in [0.25, 0.3) is 5.56 Å². The van der Waals surface area contributed by atoms with Crippen LogP contribution in [0.4, 0.5) is 9.70 Å². The van der Waals surface area contributed by atoms with Gasteiger partial charge < -0.3 is 4.98 Å². The van der Waals surface area contributed by atoms with Crippen molar-refractivity contribution >= 4 is 21.9 Å². The van der Waals surface area contributed by atoms with E-state index < -0.39 is 39.9 Å². The first kappa shape index (κ1) is 11.7. The molecule has 1 N–H and O–H groups in total. The average Bonchev–Trinajstić information content (AvgIpc) is 2.61. The number of rotatable bonds is 2. The summed E-state index contributed by atoms with van der Waals surface area (Å²) in [6.07, 6.45) is 2.05. The summed E-state index contributed by atoms with van der Waals surface area (Å²) in [4.78, 5) is 29.7. The van der Waals surface area contributed by atoms with E-state index in [4.69, 9.17) is 0 Å². The highest BCUT2D eigenvalue weighted by Gasteiger charge is 2.40. The molecule has 1 aromatic heterocycles. The molecular formula is C8H8FN3O4S. The zero-order valence-electron chi connectivity index (χ0n) is 8.46. The fraction of sp³-hybridized carbons (Fsp3) is 0.375. The molecule has 0 aliphatic carbocycles. The third-order valence-corrected chi connectivity index (χ3v) is 3.54. The van der Waals surface area contributed by atoms with E-state index in [-0.39, 0.29) is 5.82 Å². The molecule has 1 aliphatic rings. The van der Waals surface area contributed by atoms with Gasteiger partial charge in [-0.15, -0.1) is 3.89 Å². The minimum Gasteiger partial charge on any atom is -0.324 e. The number of carbonyl (C=O) groups excluding carboxylic acids is 1. The van der Waals surface area contributed by atoms with Crippen LogP contribution in [0, 0.1) is 0 Å². The number of anilines is 1. The molecule has 0 aromatic carbocycles. The van der Waals surface area contributed by atoms with Gasteiger partial charge in [-0.25, -0.2) is 4.98 Å². The molecule has 1 unspecified atom stereocenters. The molecule has 0 saturated carbocycles. The van der Waals surface area contributed by atoms with Crippen LogP contribution >= 0.6 is 0 Å². The Balaban J connectivity index is 2.35. The topological polar surface area (TPSA) is 100 Å². The molecule has 1 fully saturated rings. The molecule has 1 aromatic rings. The fourth-order valence-corrected chi connectivity index (χ4v) is 2.27. The van der Waals surface area contributed by atoms with Crippen LogP contribution in [0.3, 0.4) is 0 Å². The number of H-pyrrole nitrogens is 1. The minimum atomic E-state index is -4.79. The molecular weight excluding hydrogens is 253 g/mol. The predicted octanol–water partition coefficient (Wildman–Crippen LogP) is -0.826. The molecule has 0 bridgehead atoms. The predicted molar refractivity (Wildman–Crippen MR) is 55.6 cm³/mol. The zero-order chi connectivity index (χ0) is 12.6. The fourth-order valence-electron chi connectivity index (χ4n) is 1.60. The van der Waals surface area contributed by atoms with E-state index >= 15 is 0 Å². The second kappa shape index (κ2) is 3.91. The van der Waals surface area contributed by atoms with Crippen molar-refractivity contribution in [2.45, 2.75) is 11.7 Å². The summed E-state index contributed by atoms with van der Waals surface area (Å²) in [6, 6.07) is 0. The average molecular weight is 261 g/mol. The van der Waals surface area contributed by atoms with E-state index in [9.17, 15) is 21.9 Å². The molecule has 2 rings (SSSR count). The van der Waals surface area contributed by atoms with Gasteiger partial charge in [-0.1, -0.05) is 0 Å². The maximum atomic E-state index is 12.7. The third kappa shape index (κ3) is 2.18. The Morgan fingerprint density at radius 1 is 1.47 bits per heavy atom. The first-order valence-corrected chi connectivity index (χ1v) is 6.12. The Bertz CT molecular complexity index is 611. The molecule has 1 amide bonds. The molecule has 1 atom stereocenters. The monoisotopic (exact) mass is 261 g/mol. The first-order chi connectivity index (χ1) is 7.89. The molecule has 7 nitrogen and oxygen atoms in total. The van der Waals surface area contributed by atoms with Crippen molar-refractivity contribution in [3.63, 3.8) is 0 Å². The summed E-state index contributed by atoms with van der Waals surface area (Å²) in [7, 11) is -4.79. The number of hydrogen-bond acceptors (Lipinski definition) is 5. The minimum absolute atomic E-state index is 0.219. The Hall–Kier alpha value is -1.77. The second-order valence-corrected chi connectivity index (χ2v) is 5.17. The molecule has 1 saturated heterocycles. The van der Waals surface area contributed by atoms with Crippen LogP contribution in [0.1, 0.15) is 6.42 Å². The van der Waals surface area contributed by atoms with Crippen LogP contribution in [0.2, 0.25) is 0 Å². The molecule has 0 radical (unpaired) electrons. The van der Waals surface area contributed by atoms with Crippen LogP contribution in [0.25, 0.3) is 0 Å². The lowest BCUT2D eigenvalue weighted by Gasteiger charge is -2.12. The van der Waals surface area contributed by atoms with Crippen LogP contribution < -0.4 is 10.5 Å². The smallest absolute Gasteiger partial charge is 0.307 e. The van der Waals surface area contributed by atoms with E-state index in [1.165, 1.54) is 12.4 Å². The number of nitrogens with one attached hydrogen (secondary N) is 1. The summed E-state index contributed by atoms with van der Waals surface area (Å²) < 4.78 is 34.1. The van der Waals surface area contributed by atoms with E-state index in [0.717, 1.165) is 4.90 Å². The van der Waals surface area contributed by atoms with Crippen molar-refractivity contribution in [3.05, 3.63) is 22.7 Å². The largest absolute Gasteiger partial charge is 0.324 e. The van der Waals surface area contributed by atoms with Gasteiger partial charge in [0, 0.05) is 25.4 Å². The normalized spacial score (nSPS) is 20.9. The highest BCUT2D eigenvalue weighted by molar-refractivity contribution is 7.87. The van der Waals surface area contributed by atoms with E-state index in [0.29, 0.717) is 0 Å². The van der Waals surface area contributed by atoms with Crippen LogP contribution in [0.15, 0.2) is 17.2 Å². The molecule has 0 spiro atoms. The molecule has 1 aliphatic heterocycles. The highest BCUT2D eigenvalue weighted by Crippen LogP contribution is 2.21. The van der Waals surface area contributed by atoms with Gasteiger partial charge >= 0.3 is 10.2 Å². The first-order valence-electron chi connectivity index (χ1n) is 4.67. The summed E-state index contributed by atoms with van der Waals surface area (Å²) in [6.45, 7) is -0.391. The third-order valence-electron chi connectivity index (χ3n) is 2.43. The molecule has 17 heavy (non-hydrogen) atoms. The van der Waals surface area contributed by atoms with Gasteiger partial charge in [-0.3, -0.25) is 14.5 Å². The van der Waals surface area contributed by atoms with Gasteiger partial charge in [0.05, 0.1) is 0 Å². The van der Waals surface area contributed by atoms with Gasteiger partial charge in [0.2, 0.25) is 11.7 Å². The highest BCUT2D eigenvalue weighted by atomic mass is 32.3. The van der Waals surface area contributed by atoms with Crippen LogP contribution in [0.5, 0.6) is 0 Å². The number of aromatic nitrogens is 2. The Morgan fingerprint density at radius 2 is 2.18 bits per heavy atom. The van der Waals surface area contributed by atoms with Crippen LogP contribution in [-0.2, 0) is 15.0 Å². The van der Waals surface area contributed by atoms with E-state index in [1.54, 1.807) is 0 Å². The summed E-state index contributed by atoms with van der Waals surface area (Å²) in [5.41, 5.74) is -0.627. The summed E-state index contributed by atoms with van der Waals surface area (Å²) in [5.74, 6) is -0.857. The summed E-state index contributed by atoms with van der Waals surface area (Å²) >= 11 is 0. The van der Waals surface area contributed by atoms with Crippen LogP contribution in [-0.4, -0.2) is 36.1 Å². The Kier molecular flexibility index (Phi) is 2.69. The number of carbonyl (C=O) groups is 1. The van der Waals surface area contributed by atoms with Crippen molar-refractivity contribution in [1.82, 2.24) is 9.97 Å². The summed E-state index contributed by atoms with van der Waals surface area (Å²) in [5, 5.41) is -1.43. The maximum Gasteiger partial charge on any atom is 0.307 e. The SMILES string of the molecule is O=C1CC(S(=O)(=O)F)CN1c1ncc[nH]c1=O. The zero-order valence-corrected chi connectivity index (χ0v) is 9.28. The quantitative estimate of drug-likeness (QED) is 0.701.